The number of methoxy groups -OCH3 is 1. The first kappa shape index (κ1) is 18.2. The number of nitrogens with one attached hydrogen (secondary N) is 2. The average Bonchev–Trinajstić information content (AvgIpc) is 2.35. The maximum absolute atomic E-state index is 11.6. The summed E-state index contributed by atoms with van der Waals surface area (Å²) in [6, 6.07) is -1.12. The van der Waals surface area contributed by atoms with Crippen LogP contribution in [0.1, 0.15) is 39.5 Å². The lowest BCUT2D eigenvalue weighted by molar-refractivity contribution is -0.143. The maximum Gasteiger partial charge on any atom is 0.328 e. The molecule has 116 valence electrons. The Bertz CT molecular complexity index is 331. The quantitative estimate of drug-likeness (QED) is 0.436. The summed E-state index contributed by atoms with van der Waals surface area (Å²) in [5.41, 5.74) is 0. The highest BCUT2D eigenvalue weighted by atomic mass is 16.5. The predicted octanol–water partition coefficient (Wildman–Crippen LogP) is 1.13. The summed E-state index contributed by atoms with van der Waals surface area (Å²) in [5.74, 6) is -1.08. The molecule has 0 spiro atoms. The monoisotopic (exact) mass is 288 g/mol. The zero-order valence-corrected chi connectivity index (χ0v) is 12.3. The van der Waals surface area contributed by atoms with Crippen molar-refractivity contribution < 1.29 is 24.2 Å². The molecule has 1 atom stereocenters. The number of carboxylic acid groups (broad SMARTS) is 1. The minimum absolute atomic E-state index is 0.0848. The second-order valence-electron chi connectivity index (χ2n) is 4.96. The lowest BCUT2D eigenvalue weighted by Gasteiger charge is -2.18. The van der Waals surface area contributed by atoms with Gasteiger partial charge in [-0.1, -0.05) is 13.8 Å². The number of rotatable bonds is 9. The van der Waals surface area contributed by atoms with Gasteiger partial charge in [-0.2, -0.15) is 0 Å². The third-order valence-corrected chi connectivity index (χ3v) is 2.60. The fourth-order valence-electron chi connectivity index (χ4n) is 1.64. The predicted molar refractivity (Wildman–Crippen MR) is 73.3 cm³/mol. The van der Waals surface area contributed by atoms with Gasteiger partial charge in [0.1, 0.15) is 6.04 Å². The molecule has 0 bridgehead atoms. The summed E-state index contributed by atoms with van der Waals surface area (Å²) in [4.78, 5) is 33.4. The topological polar surface area (TPSA) is 105 Å². The molecule has 7 heteroatoms. The van der Waals surface area contributed by atoms with Crippen LogP contribution in [-0.4, -0.2) is 42.8 Å². The standard InChI is InChI=1S/C13H24N2O5/c1-9(2)8-10(12(18)20-3)15-13(19)14-7-5-4-6-11(16)17/h9-10H,4-8H2,1-3H3,(H,16,17)(H2,14,15,19). The van der Waals surface area contributed by atoms with Crippen LogP contribution >= 0.6 is 0 Å². The van der Waals surface area contributed by atoms with Gasteiger partial charge >= 0.3 is 18.0 Å². The van der Waals surface area contributed by atoms with Gasteiger partial charge in [0.25, 0.3) is 0 Å². The highest BCUT2D eigenvalue weighted by Crippen LogP contribution is 2.06. The molecule has 0 aromatic rings. The number of aliphatic carboxylic acids is 1. The van der Waals surface area contributed by atoms with E-state index in [2.05, 4.69) is 15.4 Å². The highest BCUT2D eigenvalue weighted by molar-refractivity contribution is 5.83. The number of urea groups is 1. The second kappa shape index (κ2) is 10.1. The van der Waals surface area contributed by atoms with Crippen LogP contribution in [0.2, 0.25) is 0 Å². The molecule has 2 amide bonds. The van der Waals surface area contributed by atoms with Crippen molar-refractivity contribution in [2.45, 2.75) is 45.6 Å². The van der Waals surface area contributed by atoms with Crippen LogP contribution in [0.4, 0.5) is 4.79 Å². The second-order valence-corrected chi connectivity index (χ2v) is 4.96. The Kier molecular flexibility index (Phi) is 9.15. The van der Waals surface area contributed by atoms with Crippen molar-refractivity contribution in [3.05, 3.63) is 0 Å². The van der Waals surface area contributed by atoms with Gasteiger partial charge in [-0.15, -0.1) is 0 Å². The van der Waals surface area contributed by atoms with Crippen molar-refractivity contribution in [3.63, 3.8) is 0 Å². The number of ether oxygens (including phenoxy) is 1. The van der Waals surface area contributed by atoms with Crippen LogP contribution < -0.4 is 10.6 Å². The van der Waals surface area contributed by atoms with E-state index < -0.39 is 24.0 Å². The molecule has 0 aliphatic heterocycles. The van der Waals surface area contributed by atoms with Crippen molar-refractivity contribution >= 4 is 18.0 Å². The summed E-state index contributed by atoms with van der Waals surface area (Å²) < 4.78 is 4.64. The van der Waals surface area contributed by atoms with E-state index in [0.29, 0.717) is 25.8 Å². The first-order valence-corrected chi connectivity index (χ1v) is 6.70. The lowest BCUT2D eigenvalue weighted by atomic mass is 10.0. The molecule has 0 aromatic carbocycles. The Morgan fingerprint density at radius 2 is 1.85 bits per heavy atom. The number of hydrogen-bond acceptors (Lipinski definition) is 4. The van der Waals surface area contributed by atoms with E-state index in [1.165, 1.54) is 7.11 Å². The molecule has 0 aliphatic rings. The molecular formula is C13H24N2O5. The summed E-state index contributed by atoms with van der Waals surface area (Å²) in [5, 5.41) is 13.6. The molecule has 0 heterocycles. The molecule has 3 N–H and O–H groups in total. The Hall–Kier alpha value is -1.79. The lowest BCUT2D eigenvalue weighted by Crippen LogP contribution is -2.47. The summed E-state index contributed by atoms with van der Waals surface area (Å²) in [6.45, 7) is 4.26. The number of carboxylic acids is 1. The Morgan fingerprint density at radius 1 is 1.20 bits per heavy atom. The van der Waals surface area contributed by atoms with Crippen LogP contribution in [0.3, 0.4) is 0 Å². The van der Waals surface area contributed by atoms with Gasteiger partial charge in [-0.3, -0.25) is 4.79 Å². The van der Waals surface area contributed by atoms with Gasteiger partial charge in [0.2, 0.25) is 0 Å². The molecule has 1 unspecified atom stereocenters. The first-order chi connectivity index (χ1) is 9.36. The molecule has 0 saturated heterocycles. The first-order valence-electron chi connectivity index (χ1n) is 6.70. The van der Waals surface area contributed by atoms with Gasteiger partial charge in [-0.05, 0) is 25.2 Å². The molecule has 20 heavy (non-hydrogen) atoms. The van der Waals surface area contributed by atoms with Gasteiger partial charge < -0.3 is 20.5 Å². The van der Waals surface area contributed by atoms with Crippen LogP contribution in [0.25, 0.3) is 0 Å². The van der Waals surface area contributed by atoms with Gasteiger partial charge in [-0.25, -0.2) is 9.59 Å². The molecule has 0 rings (SSSR count). The van der Waals surface area contributed by atoms with Crippen LogP contribution in [0.5, 0.6) is 0 Å². The third-order valence-electron chi connectivity index (χ3n) is 2.60. The molecule has 0 aliphatic carbocycles. The summed E-state index contributed by atoms with van der Waals surface area (Å²) in [6.07, 6.45) is 1.66. The van der Waals surface area contributed by atoms with Crippen molar-refractivity contribution in [1.29, 1.82) is 0 Å². The zero-order valence-electron chi connectivity index (χ0n) is 12.3. The van der Waals surface area contributed by atoms with Crippen LogP contribution in [0.15, 0.2) is 0 Å². The minimum Gasteiger partial charge on any atom is -0.481 e. The zero-order chi connectivity index (χ0) is 15.5. The van der Waals surface area contributed by atoms with Crippen molar-refractivity contribution in [3.8, 4) is 0 Å². The number of carbonyl (C=O) groups is 3. The summed E-state index contributed by atoms with van der Waals surface area (Å²) in [7, 11) is 1.28. The van der Waals surface area contributed by atoms with E-state index in [9.17, 15) is 14.4 Å². The van der Waals surface area contributed by atoms with Crippen molar-refractivity contribution in [2.24, 2.45) is 5.92 Å². The Balaban J connectivity index is 4.00. The van der Waals surface area contributed by atoms with Crippen LogP contribution in [0, 0.1) is 5.92 Å². The number of amides is 2. The highest BCUT2D eigenvalue weighted by Gasteiger charge is 2.22. The molecule has 0 saturated carbocycles. The molecule has 0 aromatic heterocycles. The van der Waals surface area contributed by atoms with E-state index in [-0.39, 0.29) is 12.3 Å². The van der Waals surface area contributed by atoms with Crippen molar-refractivity contribution in [2.75, 3.05) is 13.7 Å². The molecule has 0 radical (unpaired) electrons. The molecule has 0 fully saturated rings. The number of hydrogen-bond donors (Lipinski definition) is 3. The van der Waals surface area contributed by atoms with E-state index in [4.69, 9.17) is 5.11 Å². The smallest absolute Gasteiger partial charge is 0.328 e. The number of unbranched alkanes of at least 4 members (excludes halogenated alkanes) is 1. The fraction of sp³-hybridized carbons (Fsp3) is 0.769. The Labute approximate surface area is 119 Å². The van der Waals surface area contributed by atoms with E-state index >= 15 is 0 Å². The van der Waals surface area contributed by atoms with Crippen LogP contribution in [-0.2, 0) is 14.3 Å². The van der Waals surface area contributed by atoms with Gasteiger partial charge in [0.15, 0.2) is 0 Å². The average molecular weight is 288 g/mol. The normalized spacial score (nSPS) is 11.8. The number of carbonyl (C=O) groups excluding carboxylic acids is 2. The minimum atomic E-state index is -0.850. The van der Waals surface area contributed by atoms with Gasteiger partial charge in [0.05, 0.1) is 7.11 Å². The summed E-state index contributed by atoms with van der Waals surface area (Å²) >= 11 is 0. The maximum atomic E-state index is 11.6. The van der Waals surface area contributed by atoms with Crippen molar-refractivity contribution in [1.82, 2.24) is 10.6 Å². The van der Waals surface area contributed by atoms with E-state index in [0.717, 1.165) is 0 Å². The number of esters is 1. The molecular weight excluding hydrogens is 264 g/mol. The SMILES string of the molecule is COC(=O)C(CC(C)C)NC(=O)NCCCCC(=O)O. The molecule has 7 nitrogen and oxygen atoms in total. The fourth-order valence-corrected chi connectivity index (χ4v) is 1.64. The van der Waals surface area contributed by atoms with E-state index in [1.807, 2.05) is 13.8 Å². The van der Waals surface area contributed by atoms with Gasteiger partial charge in [0, 0.05) is 13.0 Å². The Morgan fingerprint density at radius 3 is 2.35 bits per heavy atom. The van der Waals surface area contributed by atoms with E-state index in [1.54, 1.807) is 0 Å². The largest absolute Gasteiger partial charge is 0.481 e. The third kappa shape index (κ3) is 9.18.